The van der Waals surface area contributed by atoms with Crippen molar-refractivity contribution in [3.8, 4) is 5.75 Å². The highest BCUT2D eigenvalue weighted by Crippen LogP contribution is 2.29. The highest BCUT2D eigenvalue weighted by molar-refractivity contribution is 7.89. The minimum atomic E-state index is -3.55. The van der Waals surface area contributed by atoms with Gasteiger partial charge in [0.1, 0.15) is 10.6 Å². The minimum absolute atomic E-state index is 0.163. The van der Waals surface area contributed by atoms with Crippen molar-refractivity contribution in [2.45, 2.75) is 37.1 Å². The van der Waals surface area contributed by atoms with Crippen molar-refractivity contribution in [2.24, 2.45) is 11.7 Å². The molecule has 3 N–H and O–H groups in total. The first-order chi connectivity index (χ1) is 9.56. The average Bonchev–Trinajstić information content (AvgIpc) is 2.40. The molecule has 20 heavy (non-hydrogen) atoms. The van der Waals surface area contributed by atoms with Crippen LogP contribution in [-0.4, -0.2) is 22.1 Å². The third-order valence-electron chi connectivity index (χ3n) is 3.82. The van der Waals surface area contributed by atoms with Crippen molar-refractivity contribution >= 4 is 10.0 Å². The van der Waals surface area contributed by atoms with Gasteiger partial charge >= 0.3 is 0 Å². The predicted molar refractivity (Wildman–Crippen MR) is 78.0 cm³/mol. The molecule has 6 heteroatoms. The zero-order chi connectivity index (χ0) is 14.6. The highest BCUT2D eigenvalue weighted by Gasteiger charge is 2.22. The highest BCUT2D eigenvalue weighted by atomic mass is 32.2. The number of methoxy groups -OCH3 is 1. The predicted octanol–water partition coefficient (Wildman–Crippen LogP) is 1.62. The first-order valence-electron chi connectivity index (χ1n) is 6.93. The second-order valence-corrected chi connectivity index (χ2v) is 6.91. The minimum Gasteiger partial charge on any atom is -0.495 e. The van der Waals surface area contributed by atoms with Crippen LogP contribution in [0.25, 0.3) is 0 Å². The Labute approximate surface area is 120 Å². The number of rotatable bonds is 7. The number of benzene rings is 1. The Balaban J connectivity index is 2.10. The van der Waals surface area contributed by atoms with Gasteiger partial charge in [0.15, 0.2) is 0 Å². The molecule has 0 spiro atoms. The van der Waals surface area contributed by atoms with E-state index in [9.17, 15) is 8.42 Å². The SMILES string of the molecule is COc1ccc(CN)cc1S(=O)(=O)NCCC1CCC1. The molecule has 0 aliphatic heterocycles. The molecule has 1 aliphatic carbocycles. The Kier molecular flexibility index (Phi) is 5.01. The Bertz CT molecular complexity index is 554. The molecule has 0 radical (unpaired) electrons. The van der Waals surface area contributed by atoms with Gasteiger partial charge in [-0.15, -0.1) is 0 Å². The molecule has 0 bridgehead atoms. The maximum atomic E-state index is 12.3. The summed E-state index contributed by atoms with van der Waals surface area (Å²) in [5.41, 5.74) is 6.33. The number of nitrogens with two attached hydrogens (primary N) is 1. The zero-order valence-corrected chi connectivity index (χ0v) is 12.6. The van der Waals surface area contributed by atoms with E-state index in [4.69, 9.17) is 10.5 Å². The van der Waals surface area contributed by atoms with E-state index in [1.54, 1.807) is 18.2 Å². The molecule has 0 aromatic heterocycles. The molecule has 0 unspecified atom stereocenters. The first kappa shape index (κ1) is 15.3. The first-order valence-corrected chi connectivity index (χ1v) is 8.42. The Morgan fingerprint density at radius 2 is 2.15 bits per heavy atom. The summed E-state index contributed by atoms with van der Waals surface area (Å²) < 4.78 is 32.5. The van der Waals surface area contributed by atoms with Gasteiger partial charge in [-0.1, -0.05) is 25.3 Å². The van der Waals surface area contributed by atoms with Gasteiger partial charge in [0.05, 0.1) is 7.11 Å². The van der Waals surface area contributed by atoms with Crippen molar-refractivity contribution in [3.05, 3.63) is 23.8 Å². The van der Waals surface area contributed by atoms with Gasteiger partial charge in [0, 0.05) is 13.1 Å². The van der Waals surface area contributed by atoms with Crippen LogP contribution in [0.15, 0.2) is 23.1 Å². The van der Waals surface area contributed by atoms with Gasteiger partial charge in [-0.25, -0.2) is 13.1 Å². The monoisotopic (exact) mass is 298 g/mol. The summed E-state index contributed by atoms with van der Waals surface area (Å²) in [7, 11) is -2.08. The van der Waals surface area contributed by atoms with Crippen LogP contribution in [0.5, 0.6) is 5.75 Å². The summed E-state index contributed by atoms with van der Waals surface area (Å²) in [5.74, 6) is 1.02. The largest absolute Gasteiger partial charge is 0.495 e. The van der Waals surface area contributed by atoms with Crippen LogP contribution in [0.1, 0.15) is 31.2 Å². The molecule has 0 atom stereocenters. The number of nitrogens with one attached hydrogen (secondary N) is 1. The third kappa shape index (κ3) is 3.50. The summed E-state index contributed by atoms with van der Waals surface area (Å²) in [4.78, 5) is 0.163. The fourth-order valence-corrected chi connectivity index (χ4v) is 3.58. The van der Waals surface area contributed by atoms with Gasteiger partial charge in [-0.3, -0.25) is 0 Å². The number of hydrogen-bond acceptors (Lipinski definition) is 4. The van der Waals surface area contributed by atoms with E-state index >= 15 is 0 Å². The van der Waals surface area contributed by atoms with E-state index in [1.807, 2.05) is 0 Å². The lowest BCUT2D eigenvalue weighted by Crippen LogP contribution is -2.28. The lowest BCUT2D eigenvalue weighted by atomic mass is 9.83. The quantitative estimate of drug-likeness (QED) is 0.801. The summed E-state index contributed by atoms with van der Waals surface area (Å²) in [6.45, 7) is 0.775. The van der Waals surface area contributed by atoms with Gasteiger partial charge in [0.25, 0.3) is 0 Å². The van der Waals surface area contributed by atoms with E-state index in [0.29, 0.717) is 24.8 Å². The zero-order valence-electron chi connectivity index (χ0n) is 11.8. The second-order valence-electron chi connectivity index (χ2n) is 5.17. The topological polar surface area (TPSA) is 81.4 Å². The fourth-order valence-electron chi connectivity index (χ4n) is 2.31. The van der Waals surface area contributed by atoms with Crippen molar-refractivity contribution in [3.63, 3.8) is 0 Å². The van der Waals surface area contributed by atoms with E-state index in [2.05, 4.69) is 4.72 Å². The van der Waals surface area contributed by atoms with Crippen LogP contribution in [-0.2, 0) is 16.6 Å². The Morgan fingerprint density at radius 1 is 1.40 bits per heavy atom. The molecule has 0 heterocycles. The number of hydrogen-bond donors (Lipinski definition) is 2. The van der Waals surface area contributed by atoms with Crippen molar-refractivity contribution in [1.29, 1.82) is 0 Å². The van der Waals surface area contributed by atoms with Crippen molar-refractivity contribution < 1.29 is 13.2 Å². The van der Waals surface area contributed by atoms with Crippen LogP contribution >= 0.6 is 0 Å². The Morgan fingerprint density at radius 3 is 2.70 bits per heavy atom. The molecule has 1 aliphatic rings. The number of ether oxygens (including phenoxy) is 1. The fraction of sp³-hybridized carbons (Fsp3) is 0.571. The van der Waals surface area contributed by atoms with Crippen LogP contribution in [0, 0.1) is 5.92 Å². The standard InChI is InChI=1S/C14H22N2O3S/c1-19-13-6-5-12(10-15)9-14(13)20(17,18)16-8-7-11-3-2-4-11/h5-6,9,11,16H,2-4,7-8,10,15H2,1H3. The molecule has 5 nitrogen and oxygen atoms in total. The van der Waals surface area contributed by atoms with E-state index in [0.717, 1.165) is 12.0 Å². The summed E-state index contributed by atoms with van der Waals surface area (Å²) in [6.07, 6.45) is 4.60. The normalized spacial score (nSPS) is 15.9. The van der Waals surface area contributed by atoms with E-state index in [1.165, 1.54) is 26.4 Å². The average molecular weight is 298 g/mol. The molecular formula is C14H22N2O3S. The molecule has 1 aromatic carbocycles. The molecule has 0 saturated heterocycles. The van der Waals surface area contributed by atoms with Gasteiger partial charge in [0.2, 0.25) is 10.0 Å². The lowest BCUT2D eigenvalue weighted by molar-refractivity contribution is 0.297. The molecule has 112 valence electrons. The summed E-state index contributed by atoms with van der Waals surface area (Å²) in [6, 6.07) is 4.99. The van der Waals surface area contributed by atoms with E-state index < -0.39 is 10.0 Å². The molecule has 1 saturated carbocycles. The van der Waals surface area contributed by atoms with Gasteiger partial charge in [-0.2, -0.15) is 0 Å². The summed E-state index contributed by atoms with van der Waals surface area (Å²) in [5, 5.41) is 0. The number of sulfonamides is 1. The van der Waals surface area contributed by atoms with Gasteiger partial charge in [-0.05, 0) is 30.0 Å². The van der Waals surface area contributed by atoms with Crippen molar-refractivity contribution in [2.75, 3.05) is 13.7 Å². The maximum Gasteiger partial charge on any atom is 0.244 e. The van der Waals surface area contributed by atoms with E-state index in [-0.39, 0.29) is 4.90 Å². The maximum absolute atomic E-state index is 12.3. The molecule has 0 amide bonds. The molecule has 1 fully saturated rings. The smallest absolute Gasteiger partial charge is 0.244 e. The molecule has 1 aromatic rings. The van der Waals surface area contributed by atoms with Crippen LogP contribution < -0.4 is 15.2 Å². The molecular weight excluding hydrogens is 276 g/mol. The lowest BCUT2D eigenvalue weighted by Gasteiger charge is -2.25. The summed E-state index contributed by atoms with van der Waals surface area (Å²) >= 11 is 0. The van der Waals surface area contributed by atoms with Crippen LogP contribution in [0.2, 0.25) is 0 Å². The van der Waals surface area contributed by atoms with Crippen LogP contribution in [0.4, 0.5) is 0 Å². The Hall–Kier alpha value is -1.11. The van der Waals surface area contributed by atoms with Gasteiger partial charge < -0.3 is 10.5 Å². The molecule has 2 rings (SSSR count). The van der Waals surface area contributed by atoms with Crippen LogP contribution in [0.3, 0.4) is 0 Å². The second kappa shape index (κ2) is 6.56. The third-order valence-corrected chi connectivity index (χ3v) is 5.30. The van der Waals surface area contributed by atoms with Crippen molar-refractivity contribution in [1.82, 2.24) is 4.72 Å².